The topological polar surface area (TPSA) is 94.0 Å². The van der Waals surface area contributed by atoms with Crippen LogP contribution in [-0.4, -0.2) is 51.5 Å². The normalized spacial score (nSPS) is 36.9. The molecule has 0 aliphatic carbocycles. The number of ether oxygens (including phenoxy) is 1. The molecule has 1 aromatic rings. The highest BCUT2D eigenvalue weighted by atomic mass is 35.5. The van der Waals surface area contributed by atoms with Crippen molar-refractivity contribution in [2.24, 2.45) is 0 Å². The van der Waals surface area contributed by atoms with Crippen LogP contribution < -0.4 is 10.6 Å². The minimum absolute atomic E-state index is 0.165. The second-order valence-corrected chi connectivity index (χ2v) is 6.89. The quantitative estimate of drug-likeness (QED) is 0.301. The van der Waals surface area contributed by atoms with E-state index in [4.69, 9.17) is 56.2 Å². The van der Waals surface area contributed by atoms with Gasteiger partial charge in [0.15, 0.2) is 0 Å². The van der Waals surface area contributed by atoms with Crippen molar-refractivity contribution in [3.8, 4) is 0 Å². The van der Waals surface area contributed by atoms with E-state index in [2.05, 4.69) is 10.6 Å². The van der Waals surface area contributed by atoms with E-state index < -0.39 is 36.1 Å². The molecule has 1 aromatic carbocycles. The van der Waals surface area contributed by atoms with E-state index in [1.54, 1.807) is 0 Å². The summed E-state index contributed by atoms with van der Waals surface area (Å²) in [5.41, 5.74) is 0.885. The first kappa shape index (κ1) is 16.7. The molecule has 5 atom stereocenters. The third-order valence-corrected chi connectivity index (χ3v) is 5.39. The zero-order valence-corrected chi connectivity index (χ0v) is 13.9. The molecular formula is C12H12Cl4N2O4. The number of anilines is 2. The molecule has 2 aliphatic heterocycles. The maximum Gasteiger partial charge on any atom is 0.216 e. The number of alkyl halides is 1. The molecule has 0 saturated carbocycles. The first-order valence-electron chi connectivity index (χ1n) is 6.33. The van der Waals surface area contributed by atoms with E-state index in [1.165, 1.54) is 6.07 Å². The summed E-state index contributed by atoms with van der Waals surface area (Å²) in [6.07, 6.45) is -4.57. The van der Waals surface area contributed by atoms with Gasteiger partial charge < -0.3 is 30.7 Å². The summed E-state index contributed by atoms with van der Waals surface area (Å²) >= 11 is 24.5. The predicted molar refractivity (Wildman–Crippen MR) is 85.1 cm³/mol. The summed E-state index contributed by atoms with van der Waals surface area (Å²) < 4.78 is 5.44. The van der Waals surface area contributed by atoms with Crippen molar-refractivity contribution in [1.82, 2.24) is 0 Å². The number of rotatable bonds is 2. The molecule has 1 fully saturated rings. The van der Waals surface area contributed by atoms with Crippen molar-refractivity contribution in [2.45, 2.75) is 29.5 Å². The molecule has 0 radical (unpaired) electrons. The third kappa shape index (κ3) is 2.42. The maximum absolute atomic E-state index is 10.1. The van der Waals surface area contributed by atoms with Crippen LogP contribution in [0.2, 0.25) is 15.1 Å². The van der Waals surface area contributed by atoms with Gasteiger partial charge in [-0.1, -0.05) is 46.4 Å². The highest BCUT2D eigenvalue weighted by Gasteiger charge is 2.55. The second-order valence-electron chi connectivity index (χ2n) is 5.13. The van der Waals surface area contributed by atoms with Gasteiger partial charge in [-0.3, -0.25) is 0 Å². The van der Waals surface area contributed by atoms with E-state index in [9.17, 15) is 10.2 Å². The molecule has 22 heavy (non-hydrogen) atoms. The van der Waals surface area contributed by atoms with Crippen molar-refractivity contribution in [2.75, 3.05) is 17.2 Å². The number of hydrogen-bond acceptors (Lipinski definition) is 6. The summed E-state index contributed by atoms with van der Waals surface area (Å²) in [7, 11) is 0. The Labute approximate surface area is 145 Å². The number of aliphatic hydroxyl groups is 3. The van der Waals surface area contributed by atoms with Crippen LogP contribution in [0.25, 0.3) is 0 Å². The van der Waals surface area contributed by atoms with Gasteiger partial charge >= 0.3 is 0 Å². The largest absolute Gasteiger partial charge is 0.394 e. The minimum Gasteiger partial charge on any atom is -0.394 e. The Morgan fingerprint density at radius 2 is 1.82 bits per heavy atom. The number of benzene rings is 1. The second kappa shape index (κ2) is 5.72. The molecule has 3 rings (SSSR count). The zero-order valence-electron chi connectivity index (χ0n) is 10.9. The predicted octanol–water partition coefficient (Wildman–Crippen LogP) is 1.86. The van der Waals surface area contributed by atoms with E-state index in [-0.39, 0.29) is 15.1 Å². The lowest BCUT2D eigenvalue weighted by atomic mass is 10.1. The molecule has 6 nitrogen and oxygen atoms in total. The van der Waals surface area contributed by atoms with E-state index in [0.29, 0.717) is 11.4 Å². The first-order valence-corrected chi connectivity index (χ1v) is 7.85. The number of aliphatic hydroxyl groups excluding tert-OH is 3. The lowest BCUT2D eigenvalue weighted by Gasteiger charge is -2.31. The Balaban J connectivity index is 1.93. The molecule has 10 heteroatoms. The van der Waals surface area contributed by atoms with Gasteiger partial charge in [0, 0.05) is 0 Å². The number of halogens is 4. The van der Waals surface area contributed by atoms with Crippen LogP contribution in [0.15, 0.2) is 6.07 Å². The highest BCUT2D eigenvalue weighted by molar-refractivity contribution is 6.50. The zero-order chi connectivity index (χ0) is 16.2. The van der Waals surface area contributed by atoms with Gasteiger partial charge in [-0.05, 0) is 6.07 Å². The summed E-state index contributed by atoms with van der Waals surface area (Å²) in [4.78, 5) is 0. The smallest absolute Gasteiger partial charge is 0.216 e. The van der Waals surface area contributed by atoms with Crippen molar-refractivity contribution in [3.05, 3.63) is 21.1 Å². The summed E-state index contributed by atoms with van der Waals surface area (Å²) in [6, 6.07) is 1.53. The SMILES string of the molecule is OC[C@H]1O[C@@H](C2(Cl)Nc3cc(Cl)c(Cl)c(Cl)c3N2)[C@H](O)[C@@H]1O. The number of nitrogens with one attached hydrogen (secondary N) is 2. The molecule has 122 valence electrons. The number of fused-ring (bicyclic) bond motifs is 1. The molecule has 1 unspecified atom stereocenters. The average Bonchev–Trinajstić information content (AvgIpc) is 2.96. The highest BCUT2D eigenvalue weighted by Crippen LogP contribution is 2.49. The van der Waals surface area contributed by atoms with E-state index >= 15 is 0 Å². The lowest BCUT2D eigenvalue weighted by Crippen LogP contribution is -2.53. The van der Waals surface area contributed by atoms with Crippen LogP contribution in [0.1, 0.15) is 0 Å². The van der Waals surface area contributed by atoms with Crippen LogP contribution in [0.3, 0.4) is 0 Å². The molecular weight excluding hydrogens is 378 g/mol. The van der Waals surface area contributed by atoms with Crippen LogP contribution in [0.5, 0.6) is 0 Å². The Bertz CT molecular complexity index is 619. The van der Waals surface area contributed by atoms with Crippen LogP contribution in [0, 0.1) is 0 Å². The fourth-order valence-corrected chi connectivity index (χ4v) is 3.62. The Morgan fingerprint density at radius 3 is 2.41 bits per heavy atom. The van der Waals surface area contributed by atoms with Crippen molar-refractivity contribution in [3.63, 3.8) is 0 Å². The maximum atomic E-state index is 10.1. The fourth-order valence-electron chi connectivity index (χ4n) is 2.60. The van der Waals surface area contributed by atoms with Gasteiger partial charge in [0.05, 0.1) is 33.0 Å². The van der Waals surface area contributed by atoms with Crippen LogP contribution >= 0.6 is 46.4 Å². The van der Waals surface area contributed by atoms with E-state index in [0.717, 1.165) is 0 Å². The summed E-state index contributed by atoms with van der Waals surface area (Å²) in [5.74, 6) is 0. The molecule has 5 N–H and O–H groups in total. The molecule has 1 saturated heterocycles. The standard InChI is InChI=1S/C12H12Cl4N2O4/c13-3-1-4-8(7(15)6(3)14)18-12(16,17-4)11-10(21)9(20)5(2-19)22-11/h1,5,9-11,17-21H,2H2/t5-,9-,10-,11-,12?/m1/s1. The monoisotopic (exact) mass is 388 g/mol. The summed E-state index contributed by atoms with van der Waals surface area (Å²) in [5, 5.41) is 34.0. The van der Waals surface area contributed by atoms with Gasteiger partial charge in [0.1, 0.15) is 24.4 Å². The van der Waals surface area contributed by atoms with Crippen molar-refractivity contribution in [1.29, 1.82) is 0 Å². The minimum atomic E-state index is -1.48. The van der Waals surface area contributed by atoms with Gasteiger partial charge in [-0.15, -0.1) is 0 Å². The molecule has 2 heterocycles. The van der Waals surface area contributed by atoms with E-state index in [1.807, 2.05) is 0 Å². The first-order chi connectivity index (χ1) is 10.3. The Morgan fingerprint density at radius 1 is 1.14 bits per heavy atom. The van der Waals surface area contributed by atoms with Gasteiger partial charge in [0.25, 0.3) is 0 Å². The van der Waals surface area contributed by atoms with Crippen molar-refractivity contribution < 1.29 is 20.1 Å². The van der Waals surface area contributed by atoms with Gasteiger partial charge in [0.2, 0.25) is 5.12 Å². The number of hydrogen-bond donors (Lipinski definition) is 5. The fraction of sp³-hybridized carbons (Fsp3) is 0.500. The van der Waals surface area contributed by atoms with Crippen LogP contribution in [-0.2, 0) is 4.74 Å². The van der Waals surface area contributed by atoms with Crippen LogP contribution in [0.4, 0.5) is 11.4 Å². The van der Waals surface area contributed by atoms with Gasteiger partial charge in [-0.25, -0.2) is 0 Å². The Hall–Kier alpha value is -0.180. The molecule has 2 aliphatic rings. The average molecular weight is 390 g/mol. The van der Waals surface area contributed by atoms with Gasteiger partial charge in [-0.2, -0.15) is 0 Å². The summed E-state index contributed by atoms with van der Waals surface area (Å²) in [6.45, 7) is -0.451. The Kier molecular flexibility index (Phi) is 4.33. The molecule has 0 amide bonds. The van der Waals surface area contributed by atoms with Crippen molar-refractivity contribution >= 4 is 57.8 Å². The molecule has 0 aromatic heterocycles. The molecule has 0 bridgehead atoms. The lowest BCUT2D eigenvalue weighted by molar-refractivity contribution is -0.0289. The molecule has 0 spiro atoms. The third-order valence-electron chi connectivity index (χ3n) is 3.72.